The molecule has 0 N–H and O–H groups in total. The highest BCUT2D eigenvalue weighted by atomic mass is 32.1. The van der Waals surface area contributed by atoms with Crippen molar-refractivity contribution in [2.45, 2.75) is 0 Å². The van der Waals surface area contributed by atoms with Gasteiger partial charge in [0.2, 0.25) is 0 Å². The summed E-state index contributed by atoms with van der Waals surface area (Å²) in [7, 11) is 0. The summed E-state index contributed by atoms with van der Waals surface area (Å²) in [5, 5.41) is 0. The summed E-state index contributed by atoms with van der Waals surface area (Å²) in [5.74, 6) is 5.30. The Morgan fingerprint density at radius 2 is 1.08 bits per heavy atom. The Kier molecular flexibility index (Phi) is 4.37. The first kappa shape index (κ1) is 16.3. The second kappa shape index (κ2) is 6.98. The number of nitrogens with zero attached hydrogens (tertiary/aromatic N) is 2. The molecule has 4 heterocycles. The third-order valence-corrected chi connectivity index (χ3v) is 5.94. The number of terminal acetylenes is 2. The predicted molar refractivity (Wildman–Crippen MR) is 110 cm³/mol. The van der Waals surface area contributed by atoms with Crippen LogP contribution >= 0.6 is 22.7 Å². The SMILES string of the molecule is C#Cc1ccc(-c2ccc(-c3ccc(-c4ccc(C#C)s4)nc3)cn2)s1. The van der Waals surface area contributed by atoms with Gasteiger partial charge in [0.15, 0.2) is 0 Å². The summed E-state index contributed by atoms with van der Waals surface area (Å²) >= 11 is 3.13. The van der Waals surface area contributed by atoms with Crippen molar-refractivity contribution in [3.8, 4) is 57.0 Å². The Morgan fingerprint density at radius 3 is 1.38 bits per heavy atom. The molecule has 0 saturated heterocycles. The lowest BCUT2D eigenvalue weighted by Crippen LogP contribution is -1.85. The Hall–Kier alpha value is -3.18. The molecule has 4 heteroatoms. The van der Waals surface area contributed by atoms with Gasteiger partial charge in [0.05, 0.1) is 30.9 Å². The number of hydrogen-bond acceptors (Lipinski definition) is 4. The van der Waals surface area contributed by atoms with Crippen LogP contribution in [0.3, 0.4) is 0 Å². The van der Waals surface area contributed by atoms with Crippen LogP contribution in [0.5, 0.6) is 0 Å². The molecule has 0 spiro atoms. The average Bonchev–Trinajstić information content (AvgIpc) is 3.38. The molecule has 0 bridgehead atoms. The van der Waals surface area contributed by atoms with Gasteiger partial charge in [0, 0.05) is 23.5 Å². The Balaban J connectivity index is 1.58. The quantitative estimate of drug-likeness (QED) is 0.442. The number of aromatic nitrogens is 2. The number of hydrogen-bond donors (Lipinski definition) is 0. The second-order valence-electron chi connectivity index (χ2n) is 5.48. The highest BCUT2D eigenvalue weighted by molar-refractivity contribution is 7.16. The largest absolute Gasteiger partial charge is 0.255 e. The second-order valence-corrected chi connectivity index (χ2v) is 7.65. The molecule has 4 aromatic rings. The van der Waals surface area contributed by atoms with Gasteiger partial charge in [-0.05, 0) is 36.4 Å². The molecule has 4 aromatic heterocycles. The molecule has 0 amide bonds. The minimum atomic E-state index is 0.909. The zero-order chi connectivity index (χ0) is 17.9. The van der Waals surface area contributed by atoms with Crippen molar-refractivity contribution in [3.63, 3.8) is 0 Å². The molecule has 122 valence electrons. The Morgan fingerprint density at radius 1 is 0.615 bits per heavy atom. The first-order valence-electron chi connectivity index (χ1n) is 7.83. The molecule has 0 atom stereocenters. The Bertz CT molecular complexity index is 1040. The molecule has 0 aliphatic rings. The monoisotopic (exact) mass is 368 g/mol. The number of pyridine rings is 2. The van der Waals surface area contributed by atoms with E-state index in [-0.39, 0.29) is 0 Å². The van der Waals surface area contributed by atoms with E-state index in [1.807, 2.05) is 48.8 Å². The number of thiophene rings is 2. The molecule has 0 radical (unpaired) electrons. The minimum Gasteiger partial charge on any atom is -0.255 e. The molecule has 2 nitrogen and oxygen atoms in total. The van der Waals surface area contributed by atoms with Crippen molar-refractivity contribution in [3.05, 3.63) is 70.7 Å². The summed E-state index contributed by atoms with van der Waals surface area (Å²) in [6, 6.07) is 16.0. The van der Waals surface area contributed by atoms with Crippen LogP contribution in [0, 0.1) is 24.7 Å². The molecule has 0 aliphatic carbocycles. The molecule has 26 heavy (non-hydrogen) atoms. The van der Waals surface area contributed by atoms with E-state index in [1.165, 1.54) is 0 Å². The van der Waals surface area contributed by atoms with Gasteiger partial charge < -0.3 is 0 Å². The van der Waals surface area contributed by atoms with E-state index in [4.69, 9.17) is 12.8 Å². The van der Waals surface area contributed by atoms with Gasteiger partial charge in [-0.2, -0.15) is 0 Å². The summed E-state index contributed by atoms with van der Waals surface area (Å²) in [4.78, 5) is 13.1. The molecular formula is C22H12N2S2. The first-order chi connectivity index (χ1) is 12.8. The van der Waals surface area contributed by atoms with Crippen LogP contribution in [0.4, 0.5) is 0 Å². The van der Waals surface area contributed by atoms with Gasteiger partial charge in [-0.1, -0.05) is 24.0 Å². The van der Waals surface area contributed by atoms with Crippen LogP contribution in [0.25, 0.3) is 32.3 Å². The van der Waals surface area contributed by atoms with E-state index in [9.17, 15) is 0 Å². The van der Waals surface area contributed by atoms with E-state index >= 15 is 0 Å². The van der Waals surface area contributed by atoms with E-state index in [0.29, 0.717) is 0 Å². The zero-order valence-corrected chi connectivity index (χ0v) is 15.3. The van der Waals surface area contributed by atoms with Crippen LogP contribution < -0.4 is 0 Å². The summed E-state index contributed by atoms with van der Waals surface area (Å²) in [5.41, 5.74) is 3.89. The topological polar surface area (TPSA) is 25.8 Å². The lowest BCUT2D eigenvalue weighted by Gasteiger charge is -2.04. The summed E-state index contributed by atoms with van der Waals surface area (Å²) < 4.78 is 0. The maximum Gasteiger partial charge on any atom is 0.0802 e. The van der Waals surface area contributed by atoms with Crippen molar-refractivity contribution in [1.82, 2.24) is 9.97 Å². The molecule has 0 aliphatic heterocycles. The van der Waals surface area contributed by atoms with Crippen LogP contribution in [-0.4, -0.2) is 9.97 Å². The minimum absolute atomic E-state index is 0.909. The molecule has 4 rings (SSSR count). The summed E-state index contributed by atoms with van der Waals surface area (Å²) in [6.45, 7) is 0. The van der Waals surface area contributed by atoms with Crippen molar-refractivity contribution < 1.29 is 0 Å². The first-order valence-corrected chi connectivity index (χ1v) is 9.46. The maximum atomic E-state index is 5.43. The normalized spacial score (nSPS) is 10.2. The predicted octanol–water partition coefficient (Wildman–Crippen LogP) is 5.56. The zero-order valence-electron chi connectivity index (χ0n) is 13.6. The fourth-order valence-corrected chi connectivity index (χ4v) is 4.11. The van der Waals surface area contributed by atoms with Crippen molar-refractivity contribution >= 4 is 22.7 Å². The van der Waals surface area contributed by atoms with Crippen molar-refractivity contribution in [2.24, 2.45) is 0 Å². The van der Waals surface area contributed by atoms with Crippen LogP contribution in [0.2, 0.25) is 0 Å². The van der Waals surface area contributed by atoms with Gasteiger partial charge in [-0.3, -0.25) is 9.97 Å². The maximum absolute atomic E-state index is 5.43. The lowest BCUT2D eigenvalue weighted by atomic mass is 10.1. The van der Waals surface area contributed by atoms with Gasteiger partial charge in [0.1, 0.15) is 0 Å². The standard InChI is InChI=1S/C22H12N2S2/c1-3-17-7-11-21(25-17)19-9-5-15(13-23-19)16-6-10-20(24-14-16)22-12-8-18(4-2)26-22/h1-2,5-14H. The molecule has 0 saturated carbocycles. The van der Waals surface area contributed by atoms with Crippen LogP contribution in [0.15, 0.2) is 60.9 Å². The van der Waals surface area contributed by atoms with Crippen molar-refractivity contribution in [2.75, 3.05) is 0 Å². The van der Waals surface area contributed by atoms with Gasteiger partial charge in [0.25, 0.3) is 0 Å². The smallest absolute Gasteiger partial charge is 0.0802 e. The number of rotatable bonds is 3. The lowest BCUT2D eigenvalue weighted by molar-refractivity contribution is 1.31. The fraction of sp³-hybridized carbons (Fsp3) is 0. The average molecular weight is 368 g/mol. The molecule has 0 aromatic carbocycles. The molecular weight excluding hydrogens is 356 g/mol. The highest BCUT2D eigenvalue weighted by Crippen LogP contribution is 2.30. The van der Waals surface area contributed by atoms with E-state index in [0.717, 1.165) is 42.0 Å². The Labute approximate surface area is 160 Å². The van der Waals surface area contributed by atoms with Crippen molar-refractivity contribution in [1.29, 1.82) is 0 Å². The van der Waals surface area contributed by atoms with Crippen LogP contribution in [0.1, 0.15) is 9.75 Å². The van der Waals surface area contributed by atoms with E-state index in [2.05, 4.69) is 33.9 Å². The van der Waals surface area contributed by atoms with Crippen LogP contribution in [-0.2, 0) is 0 Å². The van der Waals surface area contributed by atoms with E-state index < -0.39 is 0 Å². The fourth-order valence-electron chi connectivity index (χ4n) is 2.53. The third-order valence-electron chi connectivity index (χ3n) is 3.86. The van der Waals surface area contributed by atoms with Gasteiger partial charge >= 0.3 is 0 Å². The molecule has 0 unspecified atom stereocenters. The molecule has 0 fully saturated rings. The highest BCUT2D eigenvalue weighted by Gasteiger charge is 2.07. The summed E-state index contributed by atoms with van der Waals surface area (Å²) in [6.07, 6.45) is 14.6. The van der Waals surface area contributed by atoms with Gasteiger partial charge in [-0.25, -0.2) is 0 Å². The van der Waals surface area contributed by atoms with E-state index in [1.54, 1.807) is 22.7 Å². The third kappa shape index (κ3) is 3.17. The van der Waals surface area contributed by atoms with Gasteiger partial charge in [-0.15, -0.1) is 35.5 Å².